The number of rotatable bonds is 5. The number of nitrogens with one attached hydrogen (secondary N) is 2. The van der Waals surface area contributed by atoms with Crippen LogP contribution in [-0.2, 0) is 22.4 Å². The number of carboxylic acids is 1. The molecule has 1 saturated carbocycles. The van der Waals surface area contributed by atoms with Crippen LogP contribution in [0, 0.1) is 5.41 Å². The molecule has 2 aliphatic carbocycles. The molecule has 0 spiro atoms. The molecule has 7 nitrogen and oxygen atoms in total. The van der Waals surface area contributed by atoms with Gasteiger partial charge in [0.25, 0.3) is 11.5 Å². The average Bonchev–Trinajstić information content (AvgIpc) is 2.59. The molecular formula is C19H26N2O5. The Morgan fingerprint density at radius 2 is 2.04 bits per heavy atom. The van der Waals surface area contributed by atoms with Crippen LogP contribution in [0.5, 0.6) is 0 Å². The molecule has 26 heavy (non-hydrogen) atoms. The molecule has 0 aromatic carbocycles. The SMILES string of the molecule is CCOC1CC(NC(=O)c2cc3c([nH]c2=O)CCCC3)(C(=O)O)C1(C)C. The van der Waals surface area contributed by atoms with E-state index in [9.17, 15) is 19.5 Å². The number of carboxylic acid groups (broad SMARTS) is 1. The predicted molar refractivity (Wildman–Crippen MR) is 95.3 cm³/mol. The molecule has 1 heterocycles. The highest BCUT2D eigenvalue weighted by Crippen LogP contribution is 2.51. The van der Waals surface area contributed by atoms with Gasteiger partial charge in [-0.05, 0) is 44.2 Å². The molecule has 0 saturated heterocycles. The van der Waals surface area contributed by atoms with E-state index >= 15 is 0 Å². The van der Waals surface area contributed by atoms with Crippen LogP contribution in [0.25, 0.3) is 0 Å². The maximum absolute atomic E-state index is 12.8. The number of hydrogen-bond acceptors (Lipinski definition) is 4. The van der Waals surface area contributed by atoms with Gasteiger partial charge in [-0.25, -0.2) is 4.79 Å². The van der Waals surface area contributed by atoms with Crippen molar-refractivity contribution in [2.24, 2.45) is 5.41 Å². The van der Waals surface area contributed by atoms with Crippen LogP contribution in [0.2, 0.25) is 0 Å². The Morgan fingerprint density at radius 3 is 2.65 bits per heavy atom. The van der Waals surface area contributed by atoms with Crippen LogP contribution in [-0.4, -0.2) is 40.2 Å². The number of amides is 1. The molecule has 2 unspecified atom stereocenters. The number of aromatic nitrogens is 1. The lowest BCUT2D eigenvalue weighted by molar-refractivity contribution is -0.190. The number of carbonyl (C=O) groups excluding carboxylic acids is 1. The summed E-state index contributed by atoms with van der Waals surface area (Å²) in [5, 5.41) is 12.4. The quantitative estimate of drug-likeness (QED) is 0.738. The van der Waals surface area contributed by atoms with E-state index in [2.05, 4.69) is 10.3 Å². The van der Waals surface area contributed by atoms with Gasteiger partial charge in [-0.3, -0.25) is 9.59 Å². The van der Waals surface area contributed by atoms with Gasteiger partial charge < -0.3 is 20.1 Å². The fourth-order valence-corrected chi connectivity index (χ4v) is 4.14. The largest absolute Gasteiger partial charge is 0.479 e. The highest BCUT2D eigenvalue weighted by atomic mass is 16.5. The number of carbonyl (C=O) groups is 2. The first-order valence-electron chi connectivity index (χ1n) is 9.15. The average molecular weight is 362 g/mol. The molecule has 1 aromatic heterocycles. The van der Waals surface area contributed by atoms with Crippen molar-refractivity contribution in [3.8, 4) is 0 Å². The van der Waals surface area contributed by atoms with Crippen molar-refractivity contribution in [2.75, 3.05) is 6.61 Å². The van der Waals surface area contributed by atoms with Gasteiger partial charge >= 0.3 is 5.97 Å². The van der Waals surface area contributed by atoms with E-state index in [0.717, 1.165) is 36.9 Å². The number of pyridine rings is 1. The zero-order valence-electron chi connectivity index (χ0n) is 15.5. The number of ether oxygens (including phenoxy) is 1. The highest BCUT2D eigenvalue weighted by molar-refractivity contribution is 5.98. The Kier molecular flexibility index (Phi) is 4.69. The molecule has 142 valence electrons. The van der Waals surface area contributed by atoms with E-state index in [0.29, 0.717) is 6.61 Å². The van der Waals surface area contributed by atoms with Crippen molar-refractivity contribution >= 4 is 11.9 Å². The Balaban J connectivity index is 1.89. The van der Waals surface area contributed by atoms with Crippen LogP contribution in [0.15, 0.2) is 10.9 Å². The Bertz CT molecular complexity index is 798. The lowest BCUT2D eigenvalue weighted by atomic mass is 9.54. The summed E-state index contributed by atoms with van der Waals surface area (Å²) in [7, 11) is 0. The second-order valence-electron chi connectivity index (χ2n) is 7.76. The van der Waals surface area contributed by atoms with E-state index in [1.54, 1.807) is 19.9 Å². The highest BCUT2D eigenvalue weighted by Gasteiger charge is 2.66. The van der Waals surface area contributed by atoms with Gasteiger partial charge in [0, 0.05) is 24.1 Å². The first kappa shape index (κ1) is 18.6. The number of hydrogen-bond donors (Lipinski definition) is 3. The smallest absolute Gasteiger partial charge is 0.330 e. The number of aliphatic carboxylic acids is 1. The predicted octanol–water partition coefficient (Wildman–Crippen LogP) is 1.64. The number of aromatic amines is 1. The second kappa shape index (κ2) is 6.54. The fraction of sp³-hybridized carbons (Fsp3) is 0.632. The van der Waals surface area contributed by atoms with Crippen LogP contribution < -0.4 is 10.9 Å². The monoisotopic (exact) mass is 362 g/mol. The van der Waals surface area contributed by atoms with Gasteiger partial charge in [-0.15, -0.1) is 0 Å². The van der Waals surface area contributed by atoms with E-state index in [1.807, 2.05) is 6.92 Å². The molecule has 7 heteroatoms. The zero-order valence-corrected chi connectivity index (χ0v) is 15.5. The first-order chi connectivity index (χ1) is 12.2. The fourth-order valence-electron chi connectivity index (χ4n) is 4.14. The minimum Gasteiger partial charge on any atom is -0.479 e. The molecule has 1 fully saturated rings. The van der Waals surface area contributed by atoms with Gasteiger partial charge in [0.2, 0.25) is 0 Å². The number of H-pyrrole nitrogens is 1. The van der Waals surface area contributed by atoms with Crippen molar-refractivity contribution in [1.29, 1.82) is 0 Å². The van der Waals surface area contributed by atoms with Gasteiger partial charge in [-0.1, -0.05) is 13.8 Å². The molecule has 1 aromatic rings. The molecular weight excluding hydrogens is 336 g/mol. The van der Waals surface area contributed by atoms with Gasteiger partial charge in [0.15, 0.2) is 0 Å². The molecule has 1 amide bonds. The maximum Gasteiger partial charge on any atom is 0.330 e. The van der Waals surface area contributed by atoms with E-state index in [1.165, 1.54) is 0 Å². The van der Waals surface area contributed by atoms with Crippen molar-refractivity contribution in [3.63, 3.8) is 0 Å². The third kappa shape index (κ3) is 2.74. The van der Waals surface area contributed by atoms with Crippen LogP contribution >= 0.6 is 0 Å². The normalized spacial score (nSPS) is 26.5. The van der Waals surface area contributed by atoms with Gasteiger partial charge in [0.1, 0.15) is 11.1 Å². The first-order valence-corrected chi connectivity index (χ1v) is 9.15. The molecule has 0 aliphatic heterocycles. The summed E-state index contributed by atoms with van der Waals surface area (Å²) in [6, 6.07) is 1.61. The number of aryl methyl sites for hydroxylation is 2. The summed E-state index contributed by atoms with van der Waals surface area (Å²) in [6.45, 7) is 5.86. The van der Waals surface area contributed by atoms with Crippen molar-refractivity contribution in [3.05, 3.63) is 33.2 Å². The number of fused-ring (bicyclic) bond motifs is 1. The van der Waals surface area contributed by atoms with Crippen molar-refractivity contribution in [1.82, 2.24) is 10.3 Å². The van der Waals surface area contributed by atoms with E-state index in [-0.39, 0.29) is 18.1 Å². The third-order valence-electron chi connectivity index (χ3n) is 6.04. The minimum atomic E-state index is -1.45. The molecule has 0 radical (unpaired) electrons. The second-order valence-corrected chi connectivity index (χ2v) is 7.76. The Morgan fingerprint density at radius 1 is 1.35 bits per heavy atom. The summed E-state index contributed by atoms with van der Waals surface area (Å²) in [5.41, 5.74) is -0.891. The minimum absolute atomic E-state index is 0.0260. The topological polar surface area (TPSA) is 108 Å². The van der Waals surface area contributed by atoms with Gasteiger partial charge in [0.05, 0.1) is 6.10 Å². The maximum atomic E-state index is 12.8. The Hall–Kier alpha value is -2.15. The summed E-state index contributed by atoms with van der Waals surface area (Å²) >= 11 is 0. The standard InChI is InChI=1S/C19H26N2O5/c1-4-26-14-10-19(17(24)25,18(14,2)3)21-16(23)12-9-11-7-5-6-8-13(11)20-15(12)22/h9,14H,4-8,10H2,1-3H3,(H,20,22)(H,21,23)(H,24,25). The Labute approximate surface area is 152 Å². The van der Waals surface area contributed by atoms with Crippen LogP contribution in [0.3, 0.4) is 0 Å². The van der Waals surface area contributed by atoms with Crippen LogP contribution in [0.4, 0.5) is 0 Å². The molecule has 2 aliphatic rings. The summed E-state index contributed by atoms with van der Waals surface area (Å²) in [5.74, 6) is -1.76. The lowest BCUT2D eigenvalue weighted by Crippen LogP contribution is -2.76. The molecule has 2 atom stereocenters. The summed E-state index contributed by atoms with van der Waals surface area (Å²) in [4.78, 5) is 39.9. The van der Waals surface area contributed by atoms with E-state index in [4.69, 9.17) is 4.74 Å². The zero-order chi connectivity index (χ0) is 19.1. The van der Waals surface area contributed by atoms with E-state index < -0.39 is 28.4 Å². The van der Waals surface area contributed by atoms with Gasteiger partial charge in [-0.2, -0.15) is 0 Å². The molecule has 0 bridgehead atoms. The molecule has 3 N–H and O–H groups in total. The van der Waals surface area contributed by atoms with Crippen LogP contribution in [0.1, 0.15) is 61.6 Å². The summed E-state index contributed by atoms with van der Waals surface area (Å²) in [6.07, 6.45) is 3.57. The third-order valence-corrected chi connectivity index (χ3v) is 6.04. The molecule has 3 rings (SSSR count). The lowest BCUT2D eigenvalue weighted by Gasteiger charge is -2.58. The van der Waals surface area contributed by atoms with Crippen molar-refractivity contribution in [2.45, 2.75) is 64.5 Å². The summed E-state index contributed by atoms with van der Waals surface area (Å²) < 4.78 is 5.60. The van der Waals surface area contributed by atoms with Crippen molar-refractivity contribution < 1.29 is 19.4 Å².